The number of aryl methyl sites for hydroxylation is 2. The first-order valence-electron chi connectivity index (χ1n) is 17.9. The number of benzene rings is 2. The quantitative estimate of drug-likeness (QED) is 0.241. The summed E-state index contributed by atoms with van der Waals surface area (Å²) in [4.78, 5) is 62.5. The van der Waals surface area contributed by atoms with Gasteiger partial charge < -0.3 is 29.3 Å². The van der Waals surface area contributed by atoms with Crippen LogP contribution in [-0.4, -0.2) is 89.1 Å². The zero-order valence-corrected chi connectivity index (χ0v) is 29.5. The minimum atomic E-state index is -1.41. The van der Waals surface area contributed by atoms with Crippen LogP contribution in [0.3, 0.4) is 0 Å². The Hall–Kier alpha value is -4.28. The number of hydrogen-bond donors (Lipinski definition) is 1. The highest BCUT2D eigenvalue weighted by molar-refractivity contribution is 6.06. The Morgan fingerprint density at radius 2 is 1.62 bits per heavy atom. The van der Waals surface area contributed by atoms with Crippen LogP contribution in [0.5, 0.6) is 0 Å². The van der Waals surface area contributed by atoms with Crippen LogP contribution in [0.25, 0.3) is 0 Å². The first-order valence-corrected chi connectivity index (χ1v) is 17.9. The molecule has 3 amide bonds. The van der Waals surface area contributed by atoms with Gasteiger partial charge in [-0.3, -0.25) is 19.2 Å². The third kappa shape index (κ3) is 6.39. The van der Waals surface area contributed by atoms with Gasteiger partial charge in [-0.1, -0.05) is 85.7 Å². The molecule has 0 bridgehead atoms. The highest BCUT2D eigenvalue weighted by Crippen LogP contribution is 2.54. The van der Waals surface area contributed by atoms with Crippen LogP contribution >= 0.6 is 0 Å². The minimum absolute atomic E-state index is 0.0761. The van der Waals surface area contributed by atoms with E-state index < -0.39 is 47.7 Å². The van der Waals surface area contributed by atoms with Gasteiger partial charge in [-0.25, -0.2) is 0 Å². The fourth-order valence-electron chi connectivity index (χ4n) is 8.31. The largest absolute Gasteiger partial charge is 0.455 e. The summed E-state index contributed by atoms with van der Waals surface area (Å²) in [6.07, 6.45) is 9.26. The fourth-order valence-corrected chi connectivity index (χ4v) is 8.31. The molecule has 50 heavy (non-hydrogen) atoms. The predicted molar refractivity (Wildman–Crippen MR) is 189 cm³/mol. The Kier molecular flexibility index (Phi) is 10.6. The zero-order valence-electron chi connectivity index (χ0n) is 29.5. The van der Waals surface area contributed by atoms with Gasteiger partial charge >= 0.3 is 5.97 Å². The molecule has 0 saturated carbocycles. The lowest BCUT2D eigenvalue weighted by atomic mass is 9.77. The Morgan fingerprint density at radius 1 is 0.900 bits per heavy atom. The summed E-state index contributed by atoms with van der Waals surface area (Å²) in [6, 6.07) is 13.7. The minimum Gasteiger partial charge on any atom is -0.455 e. The van der Waals surface area contributed by atoms with Gasteiger partial charge in [0.05, 0.1) is 18.1 Å². The monoisotopic (exact) mass is 683 g/mol. The van der Waals surface area contributed by atoms with Gasteiger partial charge in [-0.05, 0) is 56.7 Å². The van der Waals surface area contributed by atoms with Gasteiger partial charge in [0.25, 0.3) is 5.91 Å². The molecule has 0 unspecified atom stereocenters. The molecule has 0 aliphatic carbocycles. The maximum Gasteiger partial charge on any atom is 0.313 e. The number of amides is 3. The number of esters is 1. The Morgan fingerprint density at radius 3 is 2.34 bits per heavy atom. The van der Waals surface area contributed by atoms with Crippen molar-refractivity contribution < 1.29 is 33.8 Å². The van der Waals surface area contributed by atoms with Gasteiger partial charge in [0.15, 0.2) is 0 Å². The molecular weight excluding hydrogens is 634 g/mol. The number of cyclic esters (lactones) is 1. The predicted octanol–water partition coefficient (Wildman–Crippen LogP) is 4.82. The van der Waals surface area contributed by atoms with Crippen molar-refractivity contribution in [3.63, 3.8) is 0 Å². The average Bonchev–Trinajstić information content (AvgIpc) is 3.49. The van der Waals surface area contributed by atoms with Crippen molar-refractivity contribution in [3.8, 4) is 0 Å². The van der Waals surface area contributed by atoms with Crippen LogP contribution in [0, 0.1) is 25.7 Å². The normalized spacial score (nSPS) is 30.6. The second-order valence-corrected chi connectivity index (χ2v) is 14.1. The molecule has 266 valence electrons. The lowest BCUT2D eigenvalue weighted by molar-refractivity contribution is -0.164. The second-order valence-electron chi connectivity index (χ2n) is 14.1. The smallest absolute Gasteiger partial charge is 0.313 e. The average molecular weight is 684 g/mol. The molecule has 1 spiro atoms. The molecule has 6 rings (SSSR count). The lowest BCUT2D eigenvalue weighted by Crippen LogP contribution is -2.55. The van der Waals surface area contributed by atoms with Crippen molar-refractivity contribution in [1.82, 2.24) is 9.80 Å². The number of para-hydroxylation sites is 1. The van der Waals surface area contributed by atoms with Gasteiger partial charge in [0, 0.05) is 38.9 Å². The fraction of sp³-hybridized carbons (Fsp3) is 0.500. The van der Waals surface area contributed by atoms with Gasteiger partial charge in [0.1, 0.15) is 23.7 Å². The van der Waals surface area contributed by atoms with Crippen molar-refractivity contribution in [1.29, 1.82) is 0 Å². The molecule has 4 heterocycles. The van der Waals surface area contributed by atoms with E-state index in [2.05, 4.69) is 0 Å². The molecule has 0 radical (unpaired) electrons. The summed E-state index contributed by atoms with van der Waals surface area (Å²) in [5.41, 5.74) is 2.01. The number of allylic oxidation sites excluding steroid dienone is 1. The summed E-state index contributed by atoms with van der Waals surface area (Å²) in [5.74, 6) is -3.26. The third-order valence-electron chi connectivity index (χ3n) is 10.9. The number of aliphatic hydroxyl groups is 1. The molecule has 2 aromatic rings. The first-order chi connectivity index (χ1) is 24.1. The molecule has 7 atom stereocenters. The Bertz CT molecular complexity index is 1640. The number of likely N-dealkylation sites (N-methyl/N-ethyl adjacent to an activating group) is 1. The van der Waals surface area contributed by atoms with E-state index in [4.69, 9.17) is 9.47 Å². The van der Waals surface area contributed by atoms with E-state index in [9.17, 15) is 24.3 Å². The van der Waals surface area contributed by atoms with E-state index in [0.29, 0.717) is 25.8 Å². The first kappa shape index (κ1) is 35.5. The van der Waals surface area contributed by atoms with Crippen LogP contribution in [0.15, 0.2) is 72.8 Å². The number of carbonyl (C=O) groups is 4. The molecule has 2 aromatic carbocycles. The van der Waals surface area contributed by atoms with E-state index in [1.54, 1.807) is 27.8 Å². The number of fused-ring (bicyclic) bond motifs is 2. The number of hydrogen-bond acceptors (Lipinski definition) is 7. The molecule has 4 aliphatic heterocycles. The maximum absolute atomic E-state index is 14.9. The van der Waals surface area contributed by atoms with E-state index in [1.807, 2.05) is 87.5 Å². The molecule has 2 saturated heterocycles. The number of anilines is 1. The molecule has 2 fully saturated rings. The highest BCUT2D eigenvalue weighted by atomic mass is 16.6. The second kappa shape index (κ2) is 14.9. The summed E-state index contributed by atoms with van der Waals surface area (Å²) in [6.45, 7) is 6.51. The van der Waals surface area contributed by atoms with Crippen molar-refractivity contribution in [2.75, 3.05) is 31.6 Å². The highest BCUT2D eigenvalue weighted by Gasteiger charge is 2.72. The number of rotatable bonds is 8. The molecule has 10 heteroatoms. The molecule has 4 aliphatic rings. The lowest BCUT2D eigenvalue weighted by Gasteiger charge is -2.36. The summed E-state index contributed by atoms with van der Waals surface area (Å²) in [5, 5.41) is 9.31. The Labute approximate surface area is 294 Å². The van der Waals surface area contributed by atoms with Gasteiger partial charge in [-0.2, -0.15) is 0 Å². The van der Waals surface area contributed by atoms with Crippen molar-refractivity contribution in [2.24, 2.45) is 11.8 Å². The summed E-state index contributed by atoms with van der Waals surface area (Å²) in [7, 11) is 1.72. The van der Waals surface area contributed by atoms with Crippen LogP contribution < -0.4 is 4.90 Å². The van der Waals surface area contributed by atoms with Crippen LogP contribution in [0.1, 0.15) is 68.2 Å². The molecular formula is C40H49N3O7. The SMILES string of the molecule is Cc1cccc(C)c1N1CC=C[C@]23O[C@@H]4/C=C\CCC(=O)N(C)[C@H](C)[C@@H](c5ccccc5)OC(=O)[C@@H]4[C@H]2C(=O)N(CCCCCCO)[C@@H]3C1=O. The maximum atomic E-state index is 14.9. The van der Waals surface area contributed by atoms with E-state index >= 15 is 0 Å². The number of unbranched alkanes of at least 4 members (excludes halogenated alkanes) is 3. The van der Waals surface area contributed by atoms with Gasteiger partial charge in [-0.15, -0.1) is 0 Å². The zero-order chi connectivity index (χ0) is 35.6. The van der Waals surface area contributed by atoms with Crippen molar-refractivity contribution in [3.05, 3.63) is 89.5 Å². The molecule has 10 nitrogen and oxygen atoms in total. The van der Waals surface area contributed by atoms with Crippen LogP contribution in [0.2, 0.25) is 0 Å². The van der Waals surface area contributed by atoms with E-state index in [0.717, 1.165) is 35.2 Å². The molecule has 1 N–H and O–H groups in total. The number of ether oxygens (including phenoxy) is 2. The third-order valence-corrected chi connectivity index (χ3v) is 10.9. The summed E-state index contributed by atoms with van der Waals surface area (Å²) >= 11 is 0. The Balaban J connectivity index is 1.43. The van der Waals surface area contributed by atoms with E-state index in [-0.39, 0.29) is 37.3 Å². The number of likely N-dealkylation sites (tertiary alicyclic amines) is 1. The number of carbonyl (C=O) groups excluding carboxylic acids is 4. The summed E-state index contributed by atoms with van der Waals surface area (Å²) < 4.78 is 13.3. The van der Waals surface area contributed by atoms with Crippen molar-refractivity contribution >= 4 is 29.4 Å². The van der Waals surface area contributed by atoms with Gasteiger partial charge in [0.2, 0.25) is 11.8 Å². The van der Waals surface area contributed by atoms with Crippen LogP contribution in [-0.2, 0) is 28.7 Å². The standard InChI is InChI=1S/C40H49N3O7/c1-26-16-14-17-27(2)34(26)42-24-15-22-40-33(37(46)43(36(40)38(42)47)23-12-5-6-13-25-44)32-30(50-40)20-10-11-21-31(45)41(4)28(3)35(49-39(32)48)29-18-8-7-9-19-29/h7-10,14-20,22,28,30,32-33,35-36,44H,5-6,11-13,21,23-25H2,1-4H3/b20-10-/t28-,30-,32+,33+,35+,36-,40+/m1/s1. The van der Waals surface area contributed by atoms with Crippen molar-refractivity contribution in [2.45, 2.75) is 89.2 Å². The topological polar surface area (TPSA) is 117 Å². The van der Waals surface area contributed by atoms with Crippen LogP contribution in [0.4, 0.5) is 5.69 Å². The molecule has 0 aromatic heterocycles. The number of nitrogens with zero attached hydrogens (tertiary/aromatic N) is 3. The number of aliphatic hydroxyl groups excluding tert-OH is 1. The van der Waals surface area contributed by atoms with E-state index in [1.165, 1.54) is 0 Å².